The summed E-state index contributed by atoms with van der Waals surface area (Å²) in [5.41, 5.74) is 1.37. The summed E-state index contributed by atoms with van der Waals surface area (Å²) in [4.78, 5) is 24.3. The maximum Gasteiger partial charge on any atom is 0.416 e. The number of hydrogen-bond donors (Lipinski definition) is 1. The van der Waals surface area contributed by atoms with Crippen LogP contribution in [-0.4, -0.2) is 45.9 Å². The summed E-state index contributed by atoms with van der Waals surface area (Å²) in [7, 11) is 0. The molecular weight excluding hydrogens is 421 g/mol. The van der Waals surface area contributed by atoms with Crippen LogP contribution in [0.25, 0.3) is 22.1 Å². The van der Waals surface area contributed by atoms with E-state index >= 15 is 0 Å². The lowest BCUT2D eigenvalue weighted by atomic mass is 10.1. The average Bonchev–Trinajstić information content (AvgIpc) is 3.14. The first-order valence-electron chi connectivity index (χ1n) is 10.4. The molecule has 166 valence electrons. The first kappa shape index (κ1) is 20.7. The Bertz CT molecular complexity index is 1300. The Labute approximate surface area is 181 Å². The summed E-state index contributed by atoms with van der Waals surface area (Å²) in [5.74, 6) is 0.588. The van der Waals surface area contributed by atoms with Gasteiger partial charge in [-0.3, -0.25) is 14.6 Å². The summed E-state index contributed by atoms with van der Waals surface area (Å²) < 4.78 is 43.8. The molecule has 0 bridgehead atoms. The zero-order valence-electron chi connectivity index (χ0n) is 17.2. The number of rotatable bonds is 4. The normalized spacial score (nSPS) is 16.2. The van der Waals surface area contributed by atoms with E-state index in [0.29, 0.717) is 30.0 Å². The largest absolute Gasteiger partial charge is 0.449 e. The smallest absolute Gasteiger partial charge is 0.416 e. The lowest BCUT2D eigenvalue weighted by Gasteiger charge is -2.34. The van der Waals surface area contributed by atoms with Crippen molar-refractivity contribution in [1.82, 2.24) is 19.8 Å². The van der Waals surface area contributed by atoms with Crippen LogP contribution in [0.15, 0.2) is 57.7 Å². The topological polar surface area (TPSA) is 65.4 Å². The van der Waals surface area contributed by atoms with E-state index in [0.717, 1.165) is 49.3 Å². The predicted octanol–water partition coefficient (Wildman–Crippen LogP) is 4.01. The Kier molecular flexibility index (Phi) is 5.22. The van der Waals surface area contributed by atoms with Gasteiger partial charge in [0.2, 0.25) is 5.58 Å². The van der Waals surface area contributed by atoms with Crippen LogP contribution in [0.2, 0.25) is 0 Å². The maximum absolute atomic E-state index is 12.7. The number of para-hydroxylation sites is 1. The molecule has 2 aromatic heterocycles. The number of nitrogens with zero attached hydrogens (tertiary/aromatic N) is 3. The molecular formula is C23H21F3N4O2. The molecule has 3 heterocycles. The zero-order chi connectivity index (χ0) is 22.3. The van der Waals surface area contributed by atoms with Gasteiger partial charge in [0.25, 0.3) is 5.56 Å². The molecule has 6 nitrogen and oxygen atoms in total. The van der Waals surface area contributed by atoms with Crippen LogP contribution >= 0.6 is 0 Å². The molecule has 1 N–H and O–H groups in total. The van der Waals surface area contributed by atoms with Gasteiger partial charge in [-0.1, -0.05) is 24.3 Å². The highest BCUT2D eigenvalue weighted by atomic mass is 19.4. The fourth-order valence-corrected chi connectivity index (χ4v) is 4.10. The first-order valence-corrected chi connectivity index (χ1v) is 10.4. The second-order valence-electron chi connectivity index (χ2n) is 8.04. The first-order chi connectivity index (χ1) is 15.4. The van der Waals surface area contributed by atoms with Crippen molar-refractivity contribution in [3.05, 3.63) is 75.8 Å². The molecule has 1 saturated heterocycles. The molecule has 1 aliphatic heterocycles. The van der Waals surface area contributed by atoms with Gasteiger partial charge in [0.05, 0.1) is 12.1 Å². The van der Waals surface area contributed by atoms with Gasteiger partial charge in [-0.25, -0.2) is 4.98 Å². The molecule has 0 unspecified atom stereocenters. The average molecular weight is 442 g/mol. The molecule has 0 spiro atoms. The quantitative estimate of drug-likeness (QED) is 0.518. The van der Waals surface area contributed by atoms with E-state index in [-0.39, 0.29) is 11.1 Å². The van der Waals surface area contributed by atoms with Crippen LogP contribution in [-0.2, 0) is 19.3 Å². The fraction of sp³-hybridized carbons (Fsp3) is 0.304. The van der Waals surface area contributed by atoms with Crippen LogP contribution in [0.5, 0.6) is 0 Å². The van der Waals surface area contributed by atoms with Gasteiger partial charge in [-0.05, 0) is 29.8 Å². The lowest BCUT2D eigenvalue weighted by Crippen LogP contribution is -2.45. The van der Waals surface area contributed by atoms with E-state index in [2.05, 4.69) is 19.8 Å². The molecule has 0 atom stereocenters. The third-order valence-electron chi connectivity index (χ3n) is 5.81. The van der Waals surface area contributed by atoms with E-state index in [9.17, 15) is 18.0 Å². The van der Waals surface area contributed by atoms with Crippen LogP contribution in [0.3, 0.4) is 0 Å². The van der Waals surface area contributed by atoms with Crippen molar-refractivity contribution >= 4 is 22.1 Å². The number of nitrogens with one attached hydrogen (secondary N) is 1. The molecule has 0 saturated carbocycles. The number of halogens is 3. The lowest BCUT2D eigenvalue weighted by molar-refractivity contribution is -0.137. The van der Waals surface area contributed by atoms with Gasteiger partial charge in [0.15, 0.2) is 0 Å². The second-order valence-corrected chi connectivity index (χ2v) is 8.04. The Morgan fingerprint density at radius 1 is 0.938 bits per heavy atom. The number of aromatic nitrogens is 2. The van der Waals surface area contributed by atoms with Gasteiger partial charge in [-0.15, -0.1) is 0 Å². The number of furan rings is 1. The Hall–Kier alpha value is -3.17. The van der Waals surface area contributed by atoms with Crippen molar-refractivity contribution in [3.8, 4) is 0 Å². The molecule has 0 radical (unpaired) electrons. The SMILES string of the molecule is O=c1[nH]c(CN2CCN(Cc3ccc(C(F)(F)F)cc3)CC2)nc2c1oc1ccccc12. The minimum atomic E-state index is -4.31. The number of fused-ring (bicyclic) bond motifs is 3. The van der Waals surface area contributed by atoms with Crippen molar-refractivity contribution in [2.75, 3.05) is 26.2 Å². The van der Waals surface area contributed by atoms with Gasteiger partial charge in [-0.2, -0.15) is 13.2 Å². The minimum Gasteiger partial charge on any atom is -0.449 e. The Morgan fingerprint density at radius 3 is 2.28 bits per heavy atom. The predicted molar refractivity (Wildman–Crippen MR) is 114 cm³/mol. The molecule has 9 heteroatoms. The summed E-state index contributed by atoms with van der Waals surface area (Å²) in [6.45, 7) is 4.22. The number of aromatic amines is 1. The number of hydrogen-bond acceptors (Lipinski definition) is 5. The minimum absolute atomic E-state index is 0.233. The summed E-state index contributed by atoms with van der Waals surface area (Å²) in [5, 5.41) is 0.816. The molecule has 5 rings (SSSR count). The third-order valence-corrected chi connectivity index (χ3v) is 5.81. The van der Waals surface area contributed by atoms with Crippen LogP contribution in [0, 0.1) is 0 Å². The van der Waals surface area contributed by atoms with Crippen LogP contribution < -0.4 is 5.56 Å². The monoisotopic (exact) mass is 442 g/mol. The van der Waals surface area contributed by atoms with Crippen molar-refractivity contribution in [2.24, 2.45) is 0 Å². The van der Waals surface area contributed by atoms with Crippen molar-refractivity contribution in [3.63, 3.8) is 0 Å². The molecule has 32 heavy (non-hydrogen) atoms. The van der Waals surface area contributed by atoms with Crippen molar-refractivity contribution < 1.29 is 17.6 Å². The van der Waals surface area contributed by atoms with E-state index in [1.807, 2.05) is 24.3 Å². The molecule has 1 aliphatic rings. The van der Waals surface area contributed by atoms with Gasteiger partial charge >= 0.3 is 6.18 Å². The molecule has 2 aromatic carbocycles. The highest BCUT2D eigenvalue weighted by Gasteiger charge is 2.30. The molecule has 4 aromatic rings. The van der Waals surface area contributed by atoms with E-state index in [4.69, 9.17) is 4.42 Å². The van der Waals surface area contributed by atoms with Gasteiger partial charge in [0, 0.05) is 38.1 Å². The number of benzene rings is 2. The van der Waals surface area contributed by atoms with Gasteiger partial charge < -0.3 is 9.40 Å². The molecule has 0 amide bonds. The summed E-state index contributed by atoms with van der Waals surface area (Å²) in [6.07, 6.45) is -4.31. The summed E-state index contributed by atoms with van der Waals surface area (Å²) in [6, 6.07) is 12.8. The maximum atomic E-state index is 12.7. The van der Waals surface area contributed by atoms with Crippen LogP contribution in [0.4, 0.5) is 13.2 Å². The standard InChI is InChI=1S/C23H21F3N4O2/c24-23(25,26)16-7-5-15(6-8-16)13-29-9-11-30(12-10-29)14-19-27-20-17-3-1-2-4-18(17)32-21(20)22(31)28-19/h1-8H,9-14H2,(H,27,28,31). The highest BCUT2D eigenvalue weighted by Crippen LogP contribution is 2.29. The Morgan fingerprint density at radius 2 is 1.59 bits per heavy atom. The van der Waals surface area contributed by atoms with E-state index in [1.54, 1.807) is 0 Å². The number of H-pyrrole nitrogens is 1. The van der Waals surface area contributed by atoms with E-state index in [1.165, 1.54) is 12.1 Å². The zero-order valence-corrected chi connectivity index (χ0v) is 17.2. The fourth-order valence-electron chi connectivity index (χ4n) is 4.10. The third kappa shape index (κ3) is 4.13. The highest BCUT2D eigenvalue weighted by molar-refractivity contribution is 6.01. The molecule has 0 aliphatic carbocycles. The van der Waals surface area contributed by atoms with E-state index < -0.39 is 11.7 Å². The second kappa shape index (κ2) is 8.07. The summed E-state index contributed by atoms with van der Waals surface area (Å²) >= 11 is 0. The van der Waals surface area contributed by atoms with Crippen LogP contribution in [0.1, 0.15) is 17.0 Å². The number of alkyl halides is 3. The number of piperazine rings is 1. The van der Waals surface area contributed by atoms with Crippen molar-refractivity contribution in [1.29, 1.82) is 0 Å². The van der Waals surface area contributed by atoms with Gasteiger partial charge in [0.1, 0.15) is 16.9 Å². The van der Waals surface area contributed by atoms with Crippen molar-refractivity contribution in [2.45, 2.75) is 19.3 Å². The Balaban J connectivity index is 1.23. The molecule has 1 fully saturated rings.